The molecule has 13 heteroatoms. The molecule has 2 fully saturated rings. The minimum Gasteiger partial charge on any atom is -0.449 e. The number of nitrogens with zero attached hydrogens (tertiary/aromatic N) is 3. The number of halogens is 1. The van der Waals surface area contributed by atoms with Crippen LogP contribution in [0.4, 0.5) is 19.7 Å². The minimum absolute atomic E-state index is 0.0657. The van der Waals surface area contributed by atoms with Gasteiger partial charge in [0.2, 0.25) is 17.4 Å². The minimum atomic E-state index is -1.83. The maximum atomic E-state index is 15.9. The lowest BCUT2D eigenvalue weighted by Crippen LogP contribution is -2.77. The first-order valence-electron chi connectivity index (χ1n) is 11.4. The van der Waals surface area contributed by atoms with E-state index in [1.165, 1.54) is 6.07 Å². The lowest BCUT2D eigenvalue weighted by Gasteiger charge is -2.57. The normalized spacial score (nSPS) is 28.3. The number of anilines is 1. The fraction of sp³-hybridized carbons (Fsp3) is 0.522. The Bertz CT molecular complexity index is 1330. The standard InChI is InChI=1S/C23H25FN4O8/c1-9-8-27-14-11(6-12-15(13(14)24)36-26-17(12)35-21(32)33)7-23(16(27)10(2)34-9)18(29)25-20(31)28(19(23)30)22(3,4)5/h6,9-10,16H,7-8H2,1-5H3,(H,32,33)(H,25,29,31)/t9-,10+,16-,23?/m1/s1. The average Bonchev–Trinajstić information content (AvgIpc) is 3.12. The third-order valence-corrected chi connectivity index (χ3v) is 6.94. The van der Waals surface area contributed by atoms with E-state index in [1.807, 2.05) is 0 Å². The van der Waals surface area contributed by atoms with Crippen molar-refractivity contribution in [3.63, 3.8) is 0 Å². The van der Waals surface area contributed by atoms with Gasteiger partial charge in [0.25, 0.3) is 5.88 Å². The Morgan fingerprint density at radius 2 is 2.00 bits per heavy atom. The van der Waals surface area contributed by atoms with Crippen LogP contribution in [0.3, 0.4) is 0 Å². The molecule has 0 radical (unpaired) electrons. The molecule has 1 spiro atoms. The summed E-state index contributed by atoms with van der Waals surface area (Å²) in [5.74, 6) is -2.83. The first-order chi connectivity index (χ1) is 16.8. The molecule has 2 aromatic rings. The van der Waals surface area contributed by atoms with Gasteiger partial charge in [0.1, 0.15) is 0 Å². The van der Waals surface area contributed by atoms with Gasteiger partial charge in [0.05, 0.1) is 29.3 Å². The smallest absolute Gasteiger partial charge is 0.449 e. The number of barbiturate groups is 1. The average molecular weight is 504 g/mol. The highest BCUT2D eigenvalue weighted by molar-refractivity contribution is 6.21. The molecule has 0 aliphatic carbocycles. The second-order valence-corrected chi connectivity index (χ2v) is 10.4. The number of fused-ring (bicyclic) bond motifs is 5. The molecule has 1 aromatic heterocycles. The van der Waals surface area contributed by atoms with Crippen LogP contribution in [0.15, 0.2) is 10.6 Å². The van der Waals surface area contributed by atoms with Gasteiger partial charge in [-0.3, -0.25) is 19.8 Å². The summed E-state index contributed by atoms with van der Waals surface area (Å²) in [4.78, 5) is 54.1. The zero-order valence-corrected chi connectivity index (χ0v) is 20.2. The Hall–Kier alpha value is -3.74. The van der Waals surface area contributed by atoms with Crippen LogP contribution >= 0.6 is 0 Å². The van der Waals surface area contributed by atoms with E-state index in [9.17, 15) is 19.2 Å². The highest BCUT2D eigenvalue weighted by atomic mass is 19.1. The molecule has 4 amide bonds. The summed E-state index contributed by atoms with van der Waals surface area (Å²) in [6, 6.07) is -0.378. The molecule has 192 valence electrons. The van der Waals surface area contributed by atoms with Crippen LogP contribution in [-0.2, 0) is 20.7 Å². The van der Waals surface area contributed by atoms with Gasteiger partial charge in [0, 0.05) is 18.5 Å². The molecule has 3 aliphatic rings. The number of hydrogen-bond donors (Lipinski definition) is 2. The van der Waals surface area contributed by atoms with Crippen LogP contribution in [0.1, 0.15) is 40.2 Å². The molecule has 0 saturated carbocycles. The molecule has 0 bridgehead atoms. The number of nitrogens with one attached hydrogen (secondary N) is 1. The summed E-state index contributed by atoms with van der Waals surface area (Å²) < 4.78 is 31.6. The third kappa shape index (κ3) is 3.18. The Morgan fingerprint density at radius 1 is 1.31 bits per heavy atom. The van der Waals surface area contributed by atoms with Crippen molar-refractivity contribution in [2.45, 2.75) is 64.8 Å². The highest BCUT2D eigenvalue weighted by Crippen LogP contribution is 2.51. The van der Waals surface area contributed by atoms with Gasteiger partial charge in [0.15, 0.2) is 11.2 Å². The number of urea groups is 1. The van der Waals surface area contributed by atoms with Crippen LogP contribution in [0.5, 0.6) is 5.88 Å². The number of imide groups is 2. The van der Waals surface area contributed by atoms with Gasteiger partial charge in [-0.2, -0.15) is 0 Å². The summed E-state index contributed by atoms with van der Waals surface area (Å²) in [6.07, 6.45) is -3.02. The second-order valence-electron chi connectivity index (χ2n) is 10.4. The van der Waals surface area contributed by atoms with Crippen LogP contribution in [0.25, 0.3) is 11.0 Å². The molecule has 3 aliphatic heterocycles. The van der Waals surface area contributed by atoms with Gasteiger partial charge in [-0.1, -0.05) is 0 Å². The molecule has 12 nitrogen and oxygen atoms in total. The number of ether oxygens (including phenoxy) is 2. The van der Waals surface area contributed by atoms with Gasteiger partial charge in [-0.15, -0.1) is 0 Å². The topological polar surface area (TPSA) is 152 Å². The van der Waals surface area contributed by atoms with Crippen molar-refractivity contribution >= 4 is 40.7 Å². The van der Waals surface area contributed by atoms with Crippen LogP contribution in [0, 0.1) is 11.2 Å². The number of carbonyl (C=O) groups excluding carboxylic acids is 3. The van der Waals surface area contributed by atoms with Gasteiger partial charge in [-0.25, -0.2) is 14.0 Å². The lowest BCUT2D eigenvalue weighted by molar-refractivity contribution is -0.163. The lowest BCUT2D eigenvalue weighted by atomic mass is 9.65. The van der Waals surface area contributed by atoms with Crippen molar-refractivity contribution in [1.29, 1.82) is 0 Å². The van der Waals surface area contributed by atoms with Gasteiger partial charge in [-0.05, 0) is 51.4 Å². The number of hydrogen-bond acceptors (Lipinski definition) is 9. The van der Waals surface area contributed by atoms with Crippen molar-refractivity contribution in [3.05, 3.63) is 17.4 Å². The van der Waals surface area contributed by atoms with E-state index in [-0.39, 0.29) is 41.3 Å². The number of aromatic nitrogens is 1. The number of carbonyl (C=O) groups is 4. The van der Waals surface area contributed by atoms with Crippen molar-refractivity contribution in [3.8, 4) is 5.88 Å². The predicted molar refractivity (Wildman–Crippen MR) is 120 cm³/mol. The van der Waals surface area contributed by atoms with E-state index in [0.717, 1.165) is 4.90 Å². The SMILES string of the molecule is C[C@@H]1CN2c3c(cc4c(OC(=O)O)noc4c3F)CC3(C(=O)NC(=O)N(C(C)(C)C)C3=O)[C@H]2[C@H](C)O1. The molecule has 1 aromatic carbocycles. The monoisotopic (exact) mass is 504 g/mol. The van der Waals surface area contributed by atoms with Crippen LogP contribution in [-0.4, -0.2) is 69.5 Å². The molecule has 5 rings (SSSR count). The summed E-state index contributed by atoms with van der Waals surface area (Å²) in [5, 5.41) is 14.8. The molecule has 4 atom stereocenters. The molecule has 2 saturated heterocycles. The quantitative estimate of drug-likeness (QED) is 0.437. The molecule has 2 N–H and O–H groups in total. The summed E-state index contributed by atoms with van der Waals surface area (Å²) in [7, 11) is 0. The Morgan fingerprint density at radius 3 is 2.64 bits per heavy atom. The van der Waals surface area contributed by atoms with E-state index < -0.39 is 58.8 Å². The van der Waals surface area contributed by atoms with Crippen molar-refractivity contribution < 1.29 is 42.7 Å². The summed E-state index contributed by atoms with van der Waals surface area (Å²) in [5.41, 5.74) is -2.78. The number of amides is 4. The Labute approximate surface area is 204 Å². The van der Waals surface area contributed by atoms with E-state index >= 15 is 4.39 Å². The molecule has 36 heavy (non-hydrogen) atoms. The Kier molecular flexibility index (Phi) is 5.08. The summed E-state index contributed by atoms with van der Waals surface area (Å²) in [6.45, 7) is 8.62. The first-order valence-corrected chi connectivity index (χ1v) is 11.4. The zero-order chi connectivity index (χ0) is 26.3. The molecule has 4 heterocycles. The largest absolute Gasteiger partial charge is 0.512 e. The Balaban J connectivity index is 1.77. The number of morpholine rings is 1. The molecular formula is C23H25FN4O8. The van der Waals surface area contributed by atoms with Crippen molar-refractivity contribution in [2.24, 2.45) is 5.41 Å². The molecule has 1 unspecified atom stereocenters. The maximum Gasteiger partial charge on any atom is 0.512 e. The van der Waals surface area contributed by atoms with Gasteiger partial charge >= 0.3 is 12.2 Å². The van der Waals surface area contributed by atoms with Crippen LogP contribution < -0.4 is 15.0 Å². The number of carboxylic acid groups (broad SMARTS) is 1. The second kappa shape index (κ2) is 7.63. The van der Waals surface area contributed by atoms with E-state index in [2.05, 4.69) is 15.2 Å². The number of benzene rings is 1. The van der Waals surface area contributed by atoms with Crippen molar-refractivity contribution in [1.82, 2.24) is 15.4 Å². The maximum absolute atomic E-state index is 15.9. The van der Waals surface area contributed by atoms with E-state index in [1.54, 1.807) is 39.5 Å². The van der Waals surface area contributed by atoms with E-state index in [0.29, 0.717) is 0 Å². The molecular weight excluding hydrogens is 479 g/mol. The number of rotatable bonds is 1. The third-order valence-electron chi connectivity index (χ3n) is 6.94. The first kappa shape index (κ1) is 24.0. The zero-order valence-electron chi connectivity index (χ0n) is 20.2. The van der Waals surface area contributed by atoms with Crippen molar-refractivity contribution in [2.75, 3.05) is 11.4 Å². The fourth-order valence-corrected chi connectivity index (χ4v) is 5.77. The highest BCUT2D eigenvalue weighted by Gasteiger charge is 2.66. The summed E-state index contributed by atoms with van der Waals surface area (Å²) >= 11 is 0. The van der Waals surface area contributed by atoms with Gasteiger partial charge < -0.3 is 24.0 Å². The van der Waals surface area contributed by atoms with Crippen LogP contribution in [0.2, 0.25) is 0 Å². The van der Waals surface area contributed by atoms with E-state index in [4.69, 9.17) is 14.4 Å². The fourth-order valence-electron chi connectivity index (χ4n) is 5.77. The predicted octanol–water partition coefficient (Wildman–Crippen LogP) is 2.43.